The second-order valence-corrected chi connectivity index (χ2v) is 2.35. The maximum atomic E-state index is 5.46. The normalized spacial score (nSPS) is 13.7. The van der Waals surface area contributed by atoms with E-state index in [2.05, 4.69) is 6.92 Å². The van der Waals surface area contributed by atoms with E-state index < -0.39 is 0 Å². The molecule has 9 heavy (non-hydrogen) atoms. The number of nitrogens with two attached hydrogens (primary N) is 1. The molecule has 0 radical (unpaired) electrons. The molecule has 0 saturated heterocycles. The first kappa shape index (κ1) is 8.92. The number of hydrogen-bond donors (Lipinski definition) is 1. The Morgan fingerprint density at radius 1 is 1.56 bits per heavy atom. The minimum atomic E-state index is 0.569. The molecular formula is C7H17NO. The summed E-state index contributed by atoms with van der Waals surface area (Å²) in [6.45, 7) is 3.73. The summed E-state index contributed by atoms with van der Waals surface area (Å²) in [4.78, 5) is 0. The smallest absolute Gasteiger partial charge is 0.0502 e. The predicted molar refractivity (Wildman–Crippen MR) is 39.3 cm³/mol. The average Bonchev–Trinajstić information content (AvgIpc) is 1.88. The van der Waals surface area contributed by atoms with Crippen LogP contribution < -0.4 is 5.73 Å². The molecule has 1 unspecified atom stereocenters. The van der Waals surface area contributed by atoms with Crippen LogP contribution in [0, 0.1) is 5.92 Å². The Labute approximate surface area is 57.4 Å². The van der Waals surface area contributed by atoms with Crippen molar-refractivity contribution in [3.63, 3.8) is 0 Å². The van der Waals surface area contributed by atoms with E-state index in [9.17, 15) is 0 Å². The average molecular weight is 131 g/mol. The van der Waals surface area contributed by atoms with Crippen molar-refractivity contribution < 1.29 is 4.74 Å². The molecule has 0 aromatic heterocycles. The van der Waals surface area contributed by atoms with Gasteiger partial charge in [0.2, 0.25) is 0 Å². The molecular weight excluding hydrogens is 114 g/mol. The van der Waals surface area contributed by atoms with E-state index in [0.29, 0.717) is 5.92 Å². The van der Waals surface area contributed by atoms with Crippen molar-refractivity contribution in [1.29, 1.82) is 0 Å². The van der Waals surface area contributed by atoms with Crippen molar-refractivity contribution in [2.45, 2.75) is 19.8 Å². The molecule has 2 N–H and O–H groups in total. The predicted octanol–water partition coefficient (Wildman–Crippen LogP) is 1.01. The maximum Gasteiger partial charge on any atom is 0.0502 e. The van der Waals surface area contributed by atoms with Crippen LogP contribution in [-0.2, 0) is 4.74 Å². The van der Waals surface area contributed by atoms with Gasteiger partial charge in [0.15, 0.2) is 0 Å². The highest BCUT2D eigenvalue weighted by molar-refractivity contribution is 4.56. The fourth-order valence-electron chi connectivity index (χ4n) is 0.913. The molecule has 0 aliphatic heterocycles. The van der Waals surface area contributed by atoms with Gasteiger partial charge in [0, 0.05) is 7.11 Å². The third kappa shape index (κ3) is 4.43. The molecule has 0 spiro atoms. The molecule has 0 amide bonds. The second-order valence-electron chi connectivity index (χ2n) is 2.35. The van der Waals surface area contributed by atoms with Gasteiger partial charge in [-0.1, -0.05) is 13.3 Å². The van der Waals surface area contributed by atoms with Crippen LogP contribution in [0.2, 0.25) is 0 Å². The summed E-state index contributed by atoms with van der Waals surface area (Å²) in [5, 5.41) is 0. The summed E-state index contributed by atoms with van der Waals surface area (Å²) in [7, 11) is 1.72. The number of hydrogen-bond acceptors (Lipinski definition) is 2. The fourth-order valence-corrected chi connectivity index (χ4v) is 0.913. The van der Waals surface area contributed by atoms with Crippen LogP contribution in [0.4, 0.5) is 0 Å². The lowest BCUT2D eigenvalue weighted by Crippen LogP contribution is -2.18. The highest BCUT2D eigenvalue weighted by Crippen LogP contribution is 2.03. The lowest BCUT2D eigenvalue weighted by molar-refractivity contribution is 0.150. The van der Waals surface area contributed by atoms with Crippen molar-refractivity contribution in [1.82, 2.24) is 0 Å². The summed E-state index contributed by atoms with van der Waals surface area (Å²) >= 11 is 0. The van der Waals surface area contributed by atoms with Crippen LogP contribution in [0.15, 0.2) is 0 Å². The Morgan fingerprint density at radius 3 is 2.56 bits per heavy atom. The Kier molecular flexibility index (Phi) is 5.99. The van der Waals surface area contributed by atoms with Crippen LogP contribution in [-0.4, -0.2) is 20.3 Å². The quantitative estimate of drug-likeness (QED) is 0.604. The lowest BCUT2D eigenvalue weighted by Gasteiger charge is -2.10. The summed E-state index contributed by atoms with van der Waals surface area (Å²) in [5.74, 6) is 0.569. The van der Waals surface area contributed by atoms with Gasteiger partial charge in [-0.05, 0) is 18.9 Å². The Morgan fingerprint density at radius 2 is 2.22 bits per heavy atom. The molecule has 2 nitrogen and oxygen atoms in total. The van der Waals surface area contributed by atoms with Gasteiger partial charge in [-0.3, -0.25) is 0 Å². The van der Waals surface area contributed by atoms with Crippen LogP contribution in [0.25, 0.3) is 0 Å². The largest absolute Gasteiger partial charge is 0.384 e. The van der Waals surface area contributed by atoms with Crippen LogP contribution in [0.3, 0.4) is 0 Å². The van der Waals surface area contributed by atoms with Gasteiger partial charge >= 0.3 is 0 Å². The standard InChI is InChI=1S/C7H17NO/c1-3-4-7(5-8)6-9-2/h7H,3-6,8H2,1-2H3. The Bertz CT molecular complexity index is 50.9. The van der Waals surface area contributed by atoms with Gasteiger partial charge in [0.05, 0.1) is 6.61 Å². The summed E-state index contributed by atoms with van der Waals surface area (Å²) < 4.78 is 4.97. The van der Waals surface area contributed by atoms with Crippen molar-refractivity contribution >= 4 is 0 Å². The summed E-state index contributed by atoms with van der Waals surface area (Å²) in [6, 6.07) is 0. The van der Waals surface area contributed by atoms with Crippen molar-refractivity contribution in [3.05, 3.63) is 0 Å². The van der Waals surface area contributed by atoms with Crippen LogP contribution >= 0.6 is 0 Å². The Hall–Kier alpha value is -0.0800. The first-order valence-corrected chi connectivity index (χ1v) is 3.54. The van der Waals surface area contributed by atoms with E-state index >= 15 is 0 Å². The van der Waals surface area contributed by atoms with Gasteiger partial charge in [-0.2, -0.15) is 0 Å². The summed E-state index contributed by atoms with van der Waals surface area (Å²) in [5.41, 5.74) is 5.46. The van der Waals surface area contributed by atoms with Gasteiger partial charge in [-0.15, -0.1) is 0 Å². The first-order valence-electron chi connectivity index (χ1n) is 3.54. The second kappa shape index (κ2) is 6.05. The molecule has 0 aliphatic rings. The van der Waals surface area contributed by atoms with E-state index in [-0.39, 0.29) is 0 Å². The highest BCUT2D eigenvalue weighted by Gasteiger charge is 2.02. The molecule has 0 aromatic rings. The molecule has 56 valence electrons. The topological polar surface area (TPSA) is 35.2 Å². The monoisotopic (exact) mass is 131 g/mol. The van der Waals surface area contributed by atoms with E-state index in [1.54, 1.807) is 7.11 Å². The van der Waals surface area contributed by atoms with Crippen molar-refractivity contribution in [2.75, 3.05) is 20.3 Å². The van der Waals surface area contributed by atoms with E-state index in [1.165, 1.54) is 12.8 Å². The van der Waals surface area contributed by atoms with Crippen molar-refractivity contribution in [2.24, 2.45) is 11.7 Å². The summed E-state index contributed by atoms with van der Waals surface area (Å²) in [6.07, 6.45) is 2.38. The molecule has 0 heterocycles. The van der Waals surface area contributed by atoms with Crippen LogP contribution in [0.1, 0.15) is 19.8 Å². The first-order chi connectivity index (χ1) is 4.35. The zero-order valence-electron chi connectivity index (χ0n) is 6.39. The zero-order valence-corrected chi connectivity index (χ0v) is 6.39. The molecule has 0 bridgehead atoms. The number of methoxy groups -OCH3 is 1. The Balaban J connectivity index is 3.18. The molecule has 0 aliphatic carbocycles. The van der Waals surface area contributed by atoms with Gasteiger partial charge in [0.1, 0.15) is 0 Å². The minimum absolute atomic E-state index is 0.569. The molecule has 1 atom stereocenters. The molecule has 0 fully saturated rings. The lowest BCUT2D eigenvalue weighted by atomic mass is 10.1. The van der Waals surface area contributed by atoms with Crippen molar-refractivity contribution in [3.8, 4) is 0 Å². The van der Waals surface area contributed by atoms with E-state index in [0.717, 1.165) is 13.2 Å². The van der Waals surface area contributed by atoms with Gasteiger partial charge in [-0.25, -0.2) is 0 Å². The zero-order chi connectivity index (χ0) is 7.11. The molecule has 0 aromatic carbocycles. The molecule has 0 rings (SSSR count). The van der Waals surface area contributed by atoms with E-state index in [1.807, 2.05) is 0 Å². The molecule has 0 saturated carbocycles. The van der Waals surface area contributed by atoms with Crippen LogP contribution in [0.5, 0.6) is 0 Å². The van der Waals surface area contributed by atoms with Gasteiger partial charge in [0.25, 0.3) is 0 Å². The third-order valence-electron chi connectivity index (χ3n) is 1.43. The maximum absolute atomic E-state index is 5.46. The SMILES string of the molecule is CCCC(CN)COC. The third-order valence-corrected chi connectivity index (χ3v) is 1.43. The highest BCUT2D eigenvalue weighted by atomic mass is 16.5. The fraction of sp³-hybridized carbons (Fsp3) is 1.00. The number of rotatable bonds is 5. The number of ether oxygens (including phenoxy) is 1. The van der Waals surface area contributed by atoms with Gasteiger partial charge < -0.3 is 10.5 Å². The van der Waals surface area contributed by atoms with E-state index in [4.69, 9.17) is 10.5 Å². The minimum Gasteiger partial charge on any atom is -0.384 e. The molecule has 2 heteroatoms.